The first-order valence-electron chi connectivity index (χ1n) is 4.68. The van der Waals surface area contributed by atoms with Gasteiger partial charge >= 0.3 is 0 Å². The Morgan fingerprint density at radius 2 is 2.43 bits per heavy atom. The van der Waals surface area contributed by atoms with Crippen molar-refractivity contribution >= 4 is 5.91 Å². The maximum Gasteiger partial charge on any atom is 0.251 e. The van der Waals surface area contributed by atoms with Crippen LogP contribution in [-0.4, -0.2) is 38.4 Å². The standard InChI is InChI=1S/C9H14N2O3/c10-3-1-2-4-11-9(12)8-7-13-5-6-14-8/h8H,1-2,4-7H2,(H,11,12). The zero-order valence-corrected chi connectivity index (χ0v) is 7.99. The van der Waals surface area contributed by atoms with E-state index in [1.165, 1.54) is 0 Å². The fraction of sp³-hybridized carbons (Fsp3) is 0.778. The van der Waals surface area contributed by atoms with E-state index in [4.69, 9.17) is 14.7 Å². The summed E-state index contributed by atoms with van der Waals surface area (Å²) in [6, 6.07) is 2.01. The highest BCUT2D eigenvalue weighted by molar-refractivity contribution is 5.80. The van der Waals surface area contributed by atoms with Crippen LogP contribution in [0.4, 0.5) is 0 Å². The molecule has 1 aliphatic rings. The minimum Gasteiger partial charge on any atom is -0.376 e. The topological polar surface area (TPSA) is 71.4 Å². The SMILES string of the molecule is N#CCCCNC(=O)C1COCCO1. The summed E-state index contributed by atoms with van der Waals surface area (Å²) in [7, 11) is 0. The van der Waals surface area contributed by atoms with Crippen LogP contribution in [-0.2, 0) is 14.3 Å². The fourth-order valence-electron chi connectivity index (χ4n) is 1.13. The van der Waals surface area contributed by atoms with Crippen molar-refractivity contribution in [1.82, 2.24) is 5.32 Å². The number of nitrogens with one attached hydrogen (secondary N) is 1. The van der Waals surface area contributed by atoms with E-state index in [1.807, 2.05) is 6.07 Å². The number of ether oxygens (including phenoxy) is 2. The summed E-state index contributed by atoms with van der Waals surface area (Å²) in [6.45, 7) is 1.87. The van der Waals surface area contributed by atoms with Crippen LogP contribution in [0, 0.1) is 11.3 Å². The zero-order chi connectivity index (χ0) is 10.2. The van der Waals surface area contributed by atoms with Crippen molar-refractivity contribution in [3.05, 3.63) is 0 Å². The lowest BCUT2D eigenvalue weighted by molar-refractivity contribution is -0.147. The smallest absolute Gasteiger partial charge is 0.251 e. The van der Waals surface area contributed by atoms with Crippen molar-refractivity contribution in [2.24, 2.45) is 0 Å². The van der Waals surface area contributed by atoms with Gasteiger partial charge in [-0.1, -0.05) is 0 Å². The molecule has 78 valence electrons. The Morgan fingerprint density at radius 1 is 1.57 bits per heavy atom. The summed E-state index contributed by atoms with van der Waals surface area (Å²) in [6.07, 6.45) is 0.656. The van der Waals surface area contributed by atoms with Gasteiger partial charge in [-0.25, -0.2) is 0 Å². The normalized spacial score (nSPS) is 21.2. The summed E-state index contributed by atoms with van der Waals surface area (Å²) in [5.74, 6) is -0.150. The molecule has 1 amide bonds. The largest absolute Gasteiger partial charge is 0.376 e. The maximum atomic E-state index is 11.4. The second-order valence-electron chi connectivity index (χ2n) is 2.99. The number of rotatable bonds is 4. The molecule has 1 atom stereocenters. The first kappa shape index (κ1) is 11.0. The Bertz CT molecular complexity index is 219. The maximum absolute atomic E-state index is 11.4. The minimum absolute atomic E-state index is 0.150. The quantitative estimate of drug-likeness (QED) is 0.636. The third-order valence-corrected chi connectivity index (χ3v) is 1.87. The van der Waals surface area contributed by atoms with Gasteiger partial charge < -0.3 is 14.8 Å². The molecule has 0 aromatic rings. The van der Waals surface area contributed by atoms with Crippen LogP contribution in [0.15, 0.2) is 0 Å². The number of amides is 1. The Hall–Kier alpha value is -1.12. The number of nitriles is 1. The molecule has 0 spiro atoms. The van der Waals surface area contributed by atoms with Crippen LogP contribution in [0.2, 0.25) is 0 Å². The average molecular weight is 198 g/mol. The van der Waals surface area contributed by atoms with E-state index >= 15 is 0 Å². The average Bonchev–Trinajstić information content (AvgIpc) is 2.25. The summed E-state index contributed by atoms with van der Waals surface area (Å²) < 4.78 is 10.3. The molecule has 0 aromatic carbocycles. The van der Waals surface area contributed by atoms with Crippen LogP contribution in [0.1, 0.15) is 12.8 Å². The monoisotopic (exact) mass is 198 g/mol. The highest BCUT2D eigenvalue weighted by atomic mass is 16.6. The van der Waals surface area contributed by atoms with E-state index in [2.05, 4.69) is 5.32 Å². The van der Waals surface area contributed by atoms with E-state index < -0.39 is 6.10 Å². The molecule has 1 fully saturated rings. The van der Waals surface area contributed by atoms with Crippen LogP contribution in [0.3, 0.4) is 0 Å². The molecule has 0 saturated carbocycles. The van der Waals surface area contributed by atoms with Gasteiger partial charge in [-0.05, 0) is 6.42 Å². The third-order valence-electron chi connectivity index (χ3n) is 1.87. The van der Waals surface area contributed by atoms with Crippen molar-refractivity contribution in [3.8, 4) is 6.07 Å². The molecule has 1 unspecified atom stereocenters. The lowest BCUT2D eigenvalue weighted by Crippen LogP contribution is -2.43. The van der Waals surface area contributed by atoms with Gasteiger partial charge in [0.15, 0.2) is 6.10 Å². The summed E-state index contributed by atoms with van der Waals surface area (Å²) in [4.78, 5) is 11.4. The predicted molar refractivity (Wildman–Crippen MR) is 48.4 cm³/mol. The first-order chi connectivity index (χ1) is 6.84. The molecular formula is C9H14N2O3. The van der Waals surface area contributed by atoms with Gasteiger partial charge in [-0.15, -0.1) is 0 Å². The van der Waals surface area contributed by atoms with Gasteiger partial charge in [-0.2, -0.15) is 5.26 Å². The molecule has 14 heavy (non-hydrogen) atoms. The second kappa shape index (κ2) is 6.35. The fourth-order valence-corrected chi connectivity index (χ4v) is 1.13. The van der Waals surface area contributed by atoms with Gasteiger partial charge in [0.1, 0.15) is 0 Å². The van der Waals surface area contributed by atoms with E-state index in [0.29, 0.717) is 39.2 Å². The summed E-state index contributed by atoms with van der Waals surface area (Å²) in [5.41, 5.74) is 0. The predicted octanol–water partition coefficient (Wildman–Crippen LogP) is -0.178. The Labute approximate surface area is 83.0 Å². The summed E-state index contributed by atoms with van der Waals surface area (Å²) >= 11 is 0. The van der Waals surface area contributed by atoms with Crippen LogP contribution >= 0.6 is 0 Å². The number of hydrogen-bond acceptors (Lipinski definition) is 4. The van der Waals surface area contributed by atoms with Crippen molar-refractivity contribution in [2.75, 3.05) is 26.4 Å². The number of unbranched alkanes of at least 4 members (excludes halogenated alkanes) is 1. The van der Waals surface area contributed by atoms with Crippen molar-refractivity contribution in [1.29, 1.82) is 5.26 Å². The van der Waals surface area contributed by atoms with Crippen molar-refractivity contribution in [3.63, 3.8) is 0 Å². The molecule has 1 aliphatic heterocycles. The molecule has 1 saturated heterocycles. The Kier molecular flexibility index (Phi) is 4.97. The molecule has 0 radical (unpaired) electrons. The Balaban J connectivity index is 2.11. The van der Waals surface area contributed by atoms with E-state index in [-0.39, 0.29) is 5.91 Å². The molecule has 0 aromatic heterocycles. The van der Waals surface area contributed by atoms with Crippen LogP contribution < -0.4 is 5.32 Å². The van der Waals surface area contributed by atoms with Crippen molar-refractivity contribution in [2.45, 2.75) is 18.9 Å². The number of carbonyl (C=O) groups is 1. The van der Waals surface area contributed by atoms with Gasteiger partial charge in [0, 0.05) is 13.0 Å². The Morgan fingerprint density at radius 3 is 3.07 bits per heavy atom. The van der Waals surface area contributed by atoms with Crippen LogP contribution in [0.25, 0.3) is 0 Å². The minimum atomic E-state index is -0.481. The second-order valence-corrected chi connectivity index (χ2v) is 2.99. The number of hydrogen-bond donors (Lipinski definition) is 1. The third kappa shape index (κ3) is 3.73. The van der Waals surface area contributed by atoms with Crippen molar-refractivity contribution < 1.29 is 14.3 Å². The van der Waals surface area contributed by atoms with E-state index in [9.17, 15) is 4.79 Å². The van der Waals surface area contributed by atoms with Gasteiger partial charge in [0.25, 0.3) is 5.91 Å². The molecule has 0 aliphatic carbocycles. The van der Waals surface area contributed by atoms with Gasteiger partial charge in [0.05, 0.1) is 25.9 Å². The van der Waals surface area contributed by atoms with Gasteiger partial charge in [0.2, 0.25) is 0 Å². The number of nitrogens with zero attached hydrogens (tertiary/aromatic N) is 1. The lowest BCUT2D eigenvalue weighted by Gasteiger charge is -2.21. The molecule has 1 heterocycles. The van der Waals surface area contributed by atoms with Crippen LogP contribution in [0.5, 0.6) is 0 Å². The van der Waals surface area contributed by atoms with E-state index in [1.54, 1.807) is 0 Å². The molecule has 0 bridgehead atoms. The number of carbonyl (C=O) groups excluding carboxylic acids is 1. The van der Waals surface area contributed by atoms with Gasteiger partial charge in [-0.3, -0.25) is 4.79 Å². The lowest BCUT2D eigenvalue weighted by atomic mass is 10.3. The highest BCUT2D eigenvalue weighted by Gasteiger charge is 2.21. The molecule has 1 rings (SSSR count). The summed E-state index contributed by atoms with van der Waals surface area (Å²) in [5, 5.41) is 11.0. The molecular weight excluding hydrogens is 184 g/mol. The highest BCUT2D eigenvalue weighted by Crippen LogP contribution is 2.00. The first-order valence-corrected chi connectivity index (χ1v) is 4.68. The zero-order valence-electron chi connectivity index (χ0n) is 7.99. The molecule has 1 N–H and O–H groups in total. The van der Waals surface area contributed by atoms with E-state index in [0.717, 1.165) is 0 Å². The molecule has 5 heteroatoms. The molecule has 5 nitrogen and oxygen atoms in total.